The highest BCUT2D eigenvalue weighted by Gasteiger charge is 2.24. The van der Waals surface area contributed by atoms with E-state index in [1.54, 1.807) is 13.0 Å². The van der Waals surface area contributed by atoms with Gasteiger partial charge in [-0.2, -0.15) is 0 Å². The van der Waals surface area contributed by atoms with Gasteiger partial charge in [0.15, 0.2) is 0 Å². The zero-order valence-corrected chi connectivity index (χ0v) is 13.9. The van der Waals surface area contributed by atoms with E-state index in [4.69, 9.17) is 0 Å². The molecular weight excluding hydrogens is 302 g/mol. The van der Waals surface area contributed by atoms with Crippen molar-refractivity contribution in [3.63, 3.8) is 0 Å². The number of carbonyl (C=O) groups is 1. The molecule has 2 heterocycles. The van der Waals surface area contributed by atoms with Crippen molar-refractivity contribution in [3.8, 4) is 0 Å². The lowest BCUT2D eigenvalue weighted by atomic mass is 10.0. The van der Waals surface area contributed by atoms with Crippen molar-refractivity contribution in [3.05, 3.63) is 69.6 Å². The molecule has 1 aromatic carbocycles. The maximum atomic E-state index is 12.7. The molecule has 1 amide bonds. The van der Waals surface area contributed by atoms with Gasteiger partial charge in [0.25, 0.3) is 5.91 Å². The van der Waals surface area contributed by atoms with Crippen LogP contribution < -0.4 is 10.9 Å². The maximum Gasteiger partial charge on any atom is 0.254 e. The first-order valence-electron chi connectivity index (χ1n) is 8.39. The number of pyridine rings is 1. The Morgan fingerprint density at radius 1 is 1.29 bits per heavy atom. The zero-order valence-electron chi connectivity index (χ0n) is 13.9. The molecule has 1 atom stereocenters. The first-order chi connectivity index (χ1) is 11.6. The zero-order chi connectivity index (χ0) is 16.9. The van der Waals surface area contributed by atoms with Crippen molar-refractivity contribution in [2.75, 3.05) is 13.1 Å². The smallest absolute Gasteiger partial charge is 0.254 e. The molecule has 0 spiro atoms. The summed E-state index contributed by atoms with van der Waals surface area (Å²) in [5.74, 6) is -0.0598. The van der Waals surface area contributed by atoms with E-state index in [0.717, 1.165) is 25.9 Å². The second-order valence-corrected chi connectivity index (χ2v) is 6.37. The van der Waals surface area contributed by atoms with E-state index < -0.39 is 0 Å². The second-order valence-electron chi connectivity index (χ2n) is 6.37. The first-order valence-corrected chi connectivity index (χ1v) is 8.39. The van der Waals surface area contributed by atoms with Crippen molar-refractivity contribution < 1.29 is 4.79 Å². The highest BCUT2D eigenvalue weighted by Crippen LogP contribution is 2.14. The number of H-pyrrole nitrogens is 1. The predicted molar refractivity (Wildman–Crippen MR) is 94.0 cm³/mol. The van der Waals surface area contributed by atoms with Crippen LogP contribution in [0.4, 0.5) is 0 Å². The molecule has 1 aliphatic heterocycles. The van der Waals surface area contributed by atoms with Gasteiger partial charge in [-0.15, -0.1) is 0 Å². The summed E-state index contributed by atoms with van der Waals surface area (Å²) in [7, 11) is 0. The lowest BCUT2D eigenvalue weighted by Gasteiger charge is -2.33. The van der Waals surface area contributed by atoms with E-state index >= 15 is 0 Å². The summed E-state index contributed by atoms with van der Waals surface area (Å²) in [6, 6.07) is 13.7. The number of benzene rings is 1. The number of aryl methyl sites for hydroxylation is 1. The van der Waals surface area contributed by atoms with Crippen molar-refractivity contribution in [1.29, 1.82) is 0 Å². The molecule has 1 fully saturated rings. The fourth-order valence-corrected chi connectivity index (χ4v) is 3.17. The first kappa shape index (κ1) is 16.5. The van der Waals surface area contributed by atoms with E-state index in [1.807, 2.05) is 23.1 Å². The van der Waals surface area contributed by atoms with Crippen LogP contribution in [0.5, 0.6) is 0 Å². The molecular formula is C19H23N3O2. The molecule has 3 rings (SSSR count). The summed E-state index contributed by atoms with van der Waals surface area (Å²) in [5, 5.41) is 3.54. The van der Waals surface area contributed by atoms with E-state index in [1.165, 1.54) is 11.6 Å². The lowest BCUT2D eigenvalue weighted by molar-refractivity contribution is 0.0694. The van der Waals surface area contributed by atoms with Crippen molar-refractivity contribution >= 4 is 5.91 Å². The Morgan fingerprint density at radius 2 is 2.08 bits per heavy atom. The van der Waals surface area contributed by atoms with Crippen LogP contribution in [0.15, 0.2) is 47.3 Å². The Hall–Kier alpha value is -2.40. The molecule has 1 aliphatic rings. The van der Waals surface area contributed by atoms with Crippen LogP contribution in [0.2, 0.25) is 0 Å². The van der Waals surface area contributed by atoms with Crippen molar-refractivity contribution in [1.82, 2.24) is 15.2 Å². The molecule has 0 radical (unpaired) electrons. The third kappa shape index (κ3) is 4.11. The fourth-order valence-electron chi connectivity index (χ4n) is 3.17. The average molecular weight is 325 g/mol. The molecule has 2 aromatic rings. The summed E-state index contributed by atoms with van der Waals surface area (Å²) < 4.78 is 0. The number of rotatable bonds is 4. The second kappa shape index (κ2) is 7.45. The number of aromatic amines is 1. The van der Waals surface area contributed by atoms with Crippen LogP contribution in [-0.4, -0.2) is 34.9 Å². The van der Waals surface area contributed by atoms with Gasteiger partial charge in [0.05, 0.1) is 0 Å². The number of piperidine rings is 1. The number of hydrogen-bond donors (Lipinski definition) is 2. The van der Waals surface area contributed by atoms with Crippen LogP contribution in [-0.2, 0) is 6.54 Å². The molecule has 0 bridgehead atoms. The van der Waals surface area contributed by atoms with Gasteiger partial charge in [0.1, 0.15) is 0 Å². The Kier molecular flexibility index (Phi) is 5.11. The topological polar surface area (TPSA) is 65.2 Å². The SMILES string of the molecule is Cc1cc(C(=O)N2CCCC(NCc3ccccc3)C2)cc(=O)[nH]1. The predicted octanol–water partition coefficient (Wildman–Crippen LogP) is 2.08. The number of aromatic nitrogens is 1. The largest absolute Gasteiger partial charge is 0.337 e. The monoisotopic (exact) mass is 325 g/mol. The fraction of sp³-hybridized carbons (Fsp3) is 0.368. The van der Waals surface area contributed by atoms with Gasteiger partial charge in [-0.25, -0.2) is 0 Å². The van der Waals surface area contributed by atoms with E-state index in [-0.39, 0.29) is 17.5 Å². The van der Waals surface area contributed by atoms with E-state index in [2.05, 4.69) is 22.4 Å². The Morgan fingerprint density at radius 3 is 2.83 bits per heavy atom. The third-order valence-corrected chi connectivity index (χ3v) is 4.37. The van der Waals surface area contributed by atoms with Gasteiger partial charge in [0.2, 0.25) is 5.56 Å². The third-order valence-electron chi connectivity index (χ3n) is 4.37. The quantitative estimate of drug-likeness (QED) is 0.904. The normalized spacial score (nSPS) is 17.7. The van der Waals surface area contributed by atoms with Gasteiger partial charge in [0, 0.05) is 43.0 Å². The lowest BCUT2D eigenvalue weighted by Crippen LogP contribution is -2.47. The standard InChI is InChI=1S/C19H23N3O2/c1-14-10-16(11-18(23)21-14)19(24)22-9-5-8-17(13-22)20-12-15-6-3-2-4-7-15/h2-4,6-7,10-11,17,20H,5,8-9,12-13H2,1H3,(H,21,23). The molecule has 1 aromatic heterocycles. The van der Waals surface area contributed by atoms with Gasteiger partial charge < -0.3 is 15.2 Å². The Labute approximate surface area is 141 Å². The highest BCUT2D eigenvalue weighted by atomic mass is 16.2. The average Bonchev–Trinajstić information content (AvgIpc) is 2.59. The van der Waals surface area contributed by atoms with E-state index in [9.17, 15) is 9.59 Å². The Bertz CT molecular complexity index is 755. The van der Waals surface area contributed by atoms with Crippen molar-refractivity contribution in [2.45, 2.75) is 32.4 Å². The molecule has 0 aliphatic carbocycles. The van der Waals surface area contributed by atoms with Gasteiger partial charge in [-0.05, 0) is 31.4 Å². The number of amides is 1. The molecule has 5 nitrogen and oxygen atoms in total. The van der Waals surface area contributed by atoms with Crippen LogP contribution in [0, 0.1) is 6.92 Å². The summed E-state index contributed by atoms with van der Waals surface area (Å²) in [6.07, 6.45) is 2.03. The maximum absolute atomic E-state index is 12.7. The van der Waals surface area contributed by atoms with Crippen LogP contribution in [0.3, 0.4) is 0 Å². The Balaban J connectivity index is 1.62. The van der Waals surface area contributed by atoms with Crippen molar-refractivity contribution in [2.24, 2.45) is 0 Å². The molecule has 5 heteroatoms. The minimum atomic E-state index is -0.228. The number of carbonyl (C=O) groups excluding carboxylic acids is 1. The summed E-state index contributed by atoms with van der Waals surface area (Å²) in [5.41, 5.74) is 2.20. The van der Waals surface area contributed by atoms with E-state index in [0.29, 0.717) is 17.8 Å². The molecule has 24 heavy (non-hydrogen) atoms. The van der Waals surface area contributed by atoms with Crippen LogP contribution >= 0.6 is 0 Å². The van der Waals surface area contributed by atoms with Gasteiger partial charge in [-0.3, -0.25) is 9.59 Å². The molecule has 126 valence electrons. The number of nitrogens with zero attached hydrogens (tertiary/aromatic N) is 1. The molecule has 1 unspecified atom stereocenters. The van der Waals surface area contributed by atoms with Crippen LogP contribution in [0.25, 0.3) is 0 Å². The minimum absolute atomic E-state index is 0.0598. The van der Waals surface area contributed by atoms with Gasteiger partial charge >= 0.3 is 0 Å². The highest BCUT2D eigenvalue weighted by molar-refractivity contribution is 5.94. The summed E-state index contributed by atoms with van der Waals surface area (Å²) in [6.45, 7) is 4.02. The van der Waals surface area contributed by atoms with Crippen LogP contribution in [0.1, 0.15) is 34.5 Å². The number of nitrogens with one attached hydrogen (secondary N) is 2. The minimum Gasteiger partial charge on any atom is -0.337 e. The molecule has 2 N–H and O–H groups in total. The van der Waals surface area contributed by atoms with Gasteiger partial charge in [-0.1, -0.05) is 30.3 Å². The summed E-state index contributed by atoms with van der Waals surface area (Å²) >= 11 is 0. The number of likely N-dealkylation sites (tertiary alicyclic amines) is 1. The number of hydrogen-bond acceptors (Lipinski definition) is 3. The molecule has 1 saturated heterocycles. The molecule has 0 saturated carbocycles. The summed E-state index contributed by atoms with van der Waals surface area (Å²) in [4.78, 5) is 28.8.